The van der Waals surface area contributed by atoms with Gasteiger partial charge in [-0.05, 0) is 41.8 Å². The third-order valence-corrected chi connectivity index (χ3v) is 6.55. The molecule has 9 nitrogen and oxygen atoms in total. The number of unbranched alkanes of at least 4 members (excludes halogenated alkanes) is 1. The van der Waals surface area contributed by atoms with Crippen LogP contribution in [-0.2, 0) is 20.7 Å². The first-order valence-electron chi connectivity index (χ1n) is 10.7. The number of ether oxygens (including phenoxy) is 1. The molecule has 178 valence electrons. The summed E-state index contributed by atoms with van der Waals surface area (Å²) in [7, 11) is -2.97. The third-order valence-electron chi connectivity index (χ3n) is 5.60. The number of carbonyl (C=O) groups excluding carboxylic acids is 2. The number of carbonyl (C=O) groups is 2. The number of aliphatic hydroxyl groups is 1. The number of aliphatic hydroxyl groups excluding tert-OH is 1. The maximum atomic E-state index is 12.7. The highest BCUT2D eigenvalue weighted by atomic mass is 31.2. The molecule has 0 aromatic heterocycles. The first-order valence-corrected chi connectivity index (χ1v) is 12.4. The molecule has 10 heteroatoms. The van der Waals surface area contributed by atoms with Gasteiger partial charge in [-0.25, -0.2) is 4.79 Å². The SMILES string of the molecule is CCCCC(O)c1ccc(N2C(=O)N(C)C(=O)C2COCc2cccc(P(=O)(O)O)c2)cc1. The van der Waals surface area contributed by atoms with Crippen LogP contribution >= 0.6 is 7.60 Å². The van der Waals surface area contributed by atoms with Gasteiger partial charge in [-0.3, -0.25) is 19.2 Å². The zero-order valence-corrected chi connectivity index (χ0v) is 19.5. The van der Waals surface area contributed by atoms with E-state index in [0.29, 0.717) is 17.7 Å². The van der Waals surface area contributed by atoms with E-state index in [1.807, 2.05) is 0 Å². The molecule has 1 fully saturated rings. The Labute approximate surface area is 192 Å². The maximum absolute atomic E-state index is 12.7. The van der Waals surface area contributed by atoms with Gasteiger partial charge in [0.05, 0.1) is 24.6 Å². The van der Waals surface area contributed by atoms with Crippen molar-refractivity contribution in [2.24, 2.45) is 0 Å². The Morgan fingerprint density at radius 3 is 2.45 bits per heavy atom. The number of imide groups is 1. The van der Waals surface area contributed by atoms with Crippen molar-refractivity contribution in [3.05, 3.63) is 59.7 Å². The topological polar surface area (TPSA) is 128 Å². The average Bonchev–Trinajstić information content (AvgIpc) is 3.01. The van der Waals surface area contributed by atoms with Crippen LogP contribution in [0.15, 0.2) is 48.5 Å². The number of anilines is 1. The second kappa shape index (κ2) is 10.6. The Balaban J connectivity index is 1.71. The summed E-state index contributed by atoms with van der Waals surface area (Å²) in [5.41, 5.74) is 1.80. The summed E-state index contributed by atoms with van der Waals surface area (Å²) in [4.78, 5) is 46.4. The van der Waals surface area contributed by atoms with E-state index < -0.39 is 31.7 Å². The molecule has 33 heavy (non-hydrogen) atoms. The molecular formula is C23H29N2O7P. The molecular weight excluding hydrogens is 447 g/mol. The fourth-order valence-corrected chi connectivity index (χ4v) is 4.31. The molecule has 2 unspecified atom stereocenters. The fourth-order valence-electron chi connectivity index (χ4n) is 3.70. The van der Waals surface area contributed by atoms with E-state index in [2.05, 4.69) is 6.92 Å². The summed E-state index contributed by atoms with van der Waals surface area (Å²) in [6, 6.07) is 11.4. The first kappa shape index (κ1) is 25.1. The molecule has 2 aromatic rings. The van der Waals surface area contributed by atoms with Crippen molar-refractivity contribution in [3.63, 3.8) is 0 Å². The molecule has 0 spiro atoms. The van der Waals surface area contributed by atoms with Gasteiger partial charge < -0.3 is 19.6 Å². The molecule has 1 aliphatic rings. The average molecular weight is 476 g/mol. The summed E-state index contributed by atoms with van der Waals surface area (Å²) >= 11 is 0. The molecule has 0 bridgehead atoms. The van der Waals surface area contributed by atoms with E-state index in [0.717, 1.165) is 23.3 Å². The smallest absolute Gasteiger partial charge is 0.356 e. The number of hydrogen-bond donors (Lipinski definition) is 3. The Morgan fingerprint density at radius 1 is 1.12 bits per heavy atom. The van der Waals surface area contributed by atoms with Crippen molar-refractivity contribution in [1.29, 1.82) is 0 Å². The molecule has 0 aliphatic carbocycles. The van der Waals surface area contributed by atoms with Crippen molar-refractivity contribution in [2.45, 2.75) is 44.9 Å². The summed E-state index contributed by atoms with van der Waals surface area (Å²) in [5.74, 6) is -0.406. The van der Waals surface area contributed by atoms with E-state index in [1.165, 1.54) is 30.1 Å². The van der Waals surface area contributed by atoms with E-state index in [-0.39, 0.29) is 18.5 Å². The molecule has 1 heterocycles. The number of rotatable bonds is 10. The number of urea groups is 1. The second-order valence-corrected chi connectivity index (χ2v) is 9.65. The van der Waals surface area contributed by atoms with Crippen LogP contribution < -0.4 is 10.2 Å². The number of benzene rings is 2. The highest BCUT2D eigenvalue weighted by Crippen LogP contribution is 2.33. The van der Waals surface area contributed by atoms with E-state index in [9.17, 15) is 29.0 Å². The Bertz CT molecular complexity index is 1040. The van der Waals surface area contributed by atoms with Gasteiger partial charge in [0.2, 0.25) is 0 Å². The van der Waals surface area contributed by atoms with E-state index in [1.54, 1.807) is 30.3 Å². The zero-order valence-electron chi connectivity index (χ0n) is 18.6. The van der Waals surface area contributed by atoms with E-state index in [4.69, 9.17) is 4.74 Å². The predicted octanol–water partition coefficient (Wildman–Crippen LogP) is 2.70. The van der Waals surface area contributed by atoms with E-state index >= 15 is 0 Å². The lowest BCUT2D eigenvalue weighted by molar-refractivity contribution is -0.127. The van der Waals surface area contributed by atoms with Crippen LogP contribution in [0.4, 0.5) is 10.5 Å². The lowest BCUT2D eigenvalue weighted by Crippen LogP contribution is -2.38. The minimum Gasteiger partial charge on any atom is -0.388 e. The lowest BCUT2D eigenvalue weighted by atomic mass is 10.0. The molecule has 0 radical (unpaired) electrons. The van der Waals surface area contributed by atoms with Gasteiger partial charge >= 0.3 is 13.6 Å². The molecule has 2 atom stereocenters. The van der Waals surface area contributed by atoms with Gasteiger partial charge in [-0.15, -0.1) is 0 Å². The minimum absolute atomic E-state index is 0.0198. The number of nitrogens with zero attached hydrogens (tertiary/aromatic N) is 2. The van der Waals surface area contributed by atoms with Crippen LogP contribution in [0.1, 0.15) is 43.4 Å². The van der Waals surface area contributed by atoms with Crippen molar-refractivity contribution in [3.8, 4) is 0 Å². The molecule has 1 saturated heterocycles. The molecule has 3 rings (SSSR count). The standard InChI is InChI=1S/C23H29N2O7P/c1-3-4-8-21(26)17-9-11-18(12-10-17)25-20(22(27)24(2)23(25)28)15-32-14-16-6-5-7-19(13-16)33(29,30)31/h5-7,9-13,20-21,26H,3-4,8,14-15H2,1-2H3,(H2,29,30,31). The van der Waals surface area contributed by atoms with Gasteiger partial charge in [0, 0.05) is 12.7 Å². The van der Waals surface area contributed by atoms with Crippen LogP contribution in [0.3, 0.4) is 0 Å². The molecule has 1 aliphatic heterocycles. The fraction of sp³-hybridized carbons (Fsp3) is 0.391. The highest BCUT2D eigenvalue weighted by molar-refractivity contribution is 7.60. The molecule has 0 saturated carbocycles. The number of likely N-dealkylation sites (N-methyl/N-ethyl adjacent to an activating group) is 1. The minimum atomic E-state index is -4.38. The van der Waals surface area contributed by atoms with Crippen LogP contribution in [0.25, 0.3) is 0 Å². The quantitative estimate of drug-likeness (QED) is 0.355. The summed E-state index contributed by atoms with van der Waals surface area (Å²) in [6.45, 7) is 1.99. The van der Waals surface area contributed by atoms with Crippen molar-refractivity contribution in [1.82, 2.24) is 4.90 Å². The second-order valence-electron chi connectivity index (χ2n) is 8.04. The van der Waals surface area contributed by atoms with Gasteiger partial charge in [0.1, 0.15) is 6.04 Å². The van der Waals surface area contributed by atoms with Crippen molar-refractivity contribution in [2.75, 3.05) is 18.6 Å². The molecule has 2 aromatic carbocycles. The molecule has 3 N–H and O–H groups in total. The van der Waals surface area contributed by atoms with Gasteiger partial charge in [-0.1, -0.05) is 44.0 Å². The monoisotopic (exact) mass is 476 g/mol. The normalized spacial score (nSPS) is 17.7. The molecule has 3 amide bonds. The Kier molecular flexibility index (Phi) is 8.05. The van der Waals surface area contributed by atoms with Crippen molar-refractivity contribution < 1.29 is 33.8 Å². The number of amides is 3. The summed E-state index contributed by atoms with van der Waals surface area (Å²) in [5, 5.41) is 10.2. The lowest BCUT2D eigenvalue weighted by Gasteiger charge is -2.22. The Morgan fingerprint density at radius 2 is 1.82 bits per heavy atom. The third kappa shape index (κ3) is 5.88. The van der Waals surface area contributed by atoms with Crippen LogP contribution in [0.5, 0.6) is 0 Å². The Hall–Kier alpha value is -2.55. The maximum Gasteiger partial charge on any atom is 0.356 e. The van der Waals surface area contributed by atoms with Crippen LogP contribution in [-0.4, -0.2) is 51.4 Å². The zero-order chi connectivity index (χ0) is 24.2. The van der Waals surface area contributed by atoms with Crippen molar-refractivity contribution >= 4 is 30.5 Å². The summed E-state index contributed by atoms with van der Waals surface area (Å²) in [6.07, 6.45) is 1.96. The largest absolute Gasteiger partial charge is 0.388 e. The number of hydrogen-bond acceptors (Lipinski definition) is 5. The van der Waals surface area contributed by atoms with Crippen LogP contribution in [0, 0.1) is 0 Å². The van der Waals surface area contributed by atoms with Gasteiger partial charge in [0.15, 0.2) is 0 Å². The summed E-state index contributed by atoms with van der Waals surface area (Å²) < 4.78 is 17.1. The predicted molar refractivity (Wildman–Crippen MR) is 123 cm³/mol. The first-order chi connectivity index (χ1) is 15.6. The highest BCUT2D eigenvalue weighted by Gasteiger charge is 2.44. The van der Waals surface area contributed by atoms with Gasteiger partial charge in [0.25, 0.3) is 5.91 Å². The van der Waals surface area contributed by atoms with Crippen LogP contribution in [0.2, 0.25) is 0 Å². The van der Waals surface area contributed by atoms with Gasteiger partial charge in [-0.2, -0.15) is 0 Å².